The Morgan fingerprint density at radius 1 is 0.970 bits per heavy atom. The van der Waals surface area contributed by atoms with Crippen molar-refractivity contribution in [2.75, 3.05) is 14.2 Å². The van der Waals surface area contributed by atoms with Gasteiger partial charge >= 0.3 is 0 Å². The Morgan fingerprint density at radius 2 is 1.61 bits per heavy atom. The molecule has 3 aromatic carbocycles. The van der Waals surface area contributed by atoms with E-state index in [1.165, 1.54) is 32.4 Å². The van der Waals surface area contributed by atoms with Crippen LogP contribution in [0.15, 0.2) is 92.0 Å². The molecule has 0 saturated carbocycles. The minimum atomic E-state index is -0.501. The Balaban J connectivity index is 2.07. The van der Waals surface area contributed by atoms with Crippen LogP contribution in [0.1, 0.15) is 23.6 Å². The van der Waals surface area contributed by atoms with E-state index < -0.39 is 11.9 Å². The monoisotopic (exact) mass is 445 g/mol. The van der Waals surface area contributed by atoms with E-state index in [0.717, 1.165) is 16.7 Å². The Labute approximate surface area is 194 Å². The van der Waals surface area contributed by atoms with Crippen molar-refractivity contribution in [3.05, 3.63) is 109 Å². The quantitative estimate of drug-likeness (QED) is 0.270. The Morgan fingerprint density at radius 3 is 2.18 bits per heavy atom. The van der Waals surface area contributed by atoms with Gasteiger partial charge in [0.1, 0.15) is 17.3 Å². The summed E-state index contributed by atoms with van der Waals surface area (Å²) in [5, 5.41) is 0. The molecule has 0 saturated heterocycles. The van der Waals surface area contributed by atoms with E-state index in [0.29, 0.717) is 30.0 Å². The molecule has 33 heavy (non-hydrogen) atoms. The fourth-order valence-corrected chi connectivity index (χ4v) is 3.93. The molecule has 0 radical (unpaired) electrons. The van der Waals surface area contributed by atoms with E-state index in [4.69, 9.17) is 9.47 Å². The summed E-state index contributed by atoms with van der Waals surface area (Å²) in [6.07, 6.45) is 3.41. The van der Waals surface area contributed by atoms with Gasteiger partial charge in [0.2, 0.25) is 5.91 Å². The second-order valence-corrected chi connectivity index (χ2v) is 7.50. The Bertz CT molecular complexity index is 1100. The summed E-state index contributed by atoms with van der Waals surface area (Å²) in [6.45, 7) is 7.86. The normalized spacial score (nSPS) is 11.4. The maximum atomic E-state index is 14.1. The number of amides is 1. The first kappa shape index (κ1) is 23.8. The fraction of sp³-hybridized carbons (Fsp3) is 0.179. The number of ether oxygens (including phenoxy) is 2. The molecule has 0 aliphatic rings. The van der Waals surface area contributed by atoms with E-state index in [1.54, 1.807) is 11.0 Å². The third-order valence-electron chi connectivity index (χ3n) is 5.45. The second kappa shape index (κ2) is 11.1. The van der Waals surface area contributed by atoms with Gasteiger partial charge in [-0.05, 0) is 35.3 Å². The average molecular weight is 446 g/mol. The molecule has 1 amide bonds. The molecule has 1 atom stereocenters. The molecule has 0 aliphatic heterocycles. The number of halogens is 1. The fourth-order valence-electron chi connectivity index (χ4n) is 3.93. The third-order valence-corrected chi connectivity index (χ3v) is 5.45. The molecule has 3 aromatic rings. The highest BCUT2D eigenvalue weighted by atomic mass is 19.1. The summed E-state index contributed by atoms with van der Waals surface area (Å²) in [6, 6.07) is 20.2. The molecular weight excluding hydrogens is 417 g/mol. The summed E-state index contributed by atoms with van der Waals surface area (Å²) >= 11 is 0. The van der Waals surface area contributed by atoms with Crippen molar-refractivity contribution in [2.24, 2.45) is 0 Å². The second-order valence-electron chi connectivity index (χ2n) is 7.50. The Hall–Kier alpha value is -3.86. The largest absolute Gasteiger partial charge is 0.496 e. The van der Waals surface area contributed by atoms with Gasteiger partial charge in [-0.15, -0.1) is 6.58 Å². The van der Waals surface area contributed by atoms with Gasteiger partial charge < -0.3 is 14.4 Å². The van der Waals surface area contributed by atoms with Gasteiger partial charge in [0.05, 0.1) is 25.8 Å². The lowest BCUT2D eigenvalue weighted by molar-refractivity contribution is -0.129. The molecule has 0 fully saturated rings. The average Bonchev–Trinajstić information content (AvgIpc) is 2.86. The predicted octanol–water partition coefficient (Wildman–Crippen LogP) is 6.34. The van der Waals surface area contributed by atoms with Crippen LogP contribution in [0, 0.1) is 5.82 Å². The summed E-state index contributed by atoms with van der Waals surface area (Å²) < 4.78 is 25.1. The van der Waals surface area contributed by atoms with Crippen molar-refractivity contribution in [1.29, 1.82) is 0 Å². The first-order chi connectivity index (χ1) is 16.0. The van der Waals surface area contributed by atoms with E-state index in [2.05, 4.69) is 19.2 Å². The highest BCUT2D eigenvalue weighted by Crippen LogP contribution is 2.41. The van der Waals surface area contributed by atoms with Gasteiger partial charge in [-0.2, -0.15) is 0 Å². The number of rotatable bonds is 10. The number of hydrogen-bond acceptors (Lipinski definition) is 3. The van der Waals surface area contributed by atoms with Crippen LogP contribution >= 0.6 is 0 Å². The lowest BCUT2D eigenvalue weighted by atomic mass is 9.97. The van der Waals surface area contributed by atoms with Crippen molar-refractivity contribution in [3.63, 3.8) is 0 Å². The summed E-state index contributed by atoms with van der Waals surface area (Å²) in [5.74, 6) is -0.139. The van der Waals surface area contributed by atoms with Gasteiger partial charge in [0, 0.05) is 18.7 Å². The first-order valence-corrected chi connectivity index (χ1v) is 10.6. The van der Waals surface area contributed by atoms with E-state index in [1.807, 2.05) is 48.5 Å². The van der Waals surface area contributed by atoms with Crippen LogP contribution in [0.25, 0.3) is 11.1 Å². The lowest BCUT2D eigenvalue weighted by Crippen LogP contribution is -2.33. The van der Waals surface area contributed by atoms with Gasteiger partial charge in [-0.3, -0.25) is 4.79 Å². The zero-order chi connectivity index (χ0) is 23.8. The van der Waals surface area contributed by atoms with Crippen LogP contribution in [0.3, 0.4) is 0 Å². The predicted molar refractivity (Wildman–Crippen MR) is 130 cm³/mol. The van der Waals surface area contributed by atoms with Crippen LogP contribution < -0.4 is 9.47 Å². The zero-order valence-electron chi connectivity index (χ0n) is 19.0. The van der Waals surface area contributed by atoms with Crippen LogP contribution in [0.2, 0.25) is 0 Å². The van der Waals surface area contributed by atoms with Crippen molar-refractivity contribution in [1.82, 2.24) is 4.90 Å². The smallest absolute Gasteiger partial charge is 0.246 e. The summed E-state index contributed by atoms with van der Waals surface area (Å²) in [4.78, 5) is 14.7. The third kappa shape index (κ3) is 5.50. The van der Waals surface area contributed by atoms with Crippen LogP contribution in [-0.4, -0.2) is 25.0 Å². The molecule has 0 heterocycles. The Kier molecular flexibility index (Phi) is 8.03. The first-order valence-electron chi connectivity index (χ1n) is 10.6. The lowest BCUT2D eigenvalue weighted by Gasteiger charge is -2.33. The minimum absolute atomic E-state index is 0.264. The molecule has 0 aromatic heterocycles. The number of carbonyl (C=O) groups excluding carboxylic acids is 1. The summed E-state index contributed by atoms with van der Waals surface area (Å²) in [5.41, 5.74) is 3.66. The molecule has 1 unspecified atom stereocenters. The van der Waals surface area contributed by atoms with Crippen LogP contribution in [0.5, 0.6) is 11.5 Å². The highest BCUT2D eigenvalue weighted by Gasteiger charge is 2.29. The minimum Gasteiger partial charge on any atom is -0.496 e. The molecule has 0 bridgehead atoms. The topological polar surface area (TPSA) is 38.8 Å². The van der Waals surface area contributed by atoms with E-state index >= 15 is 0 Å². The molecular formula is C28H28FNO3. The SMILES string of the molecule is C=CCC(c1c(OC)cc(F)cc1OC)N(Cc1cccc(-c2ccccc2)c1)C(=O)C=C. The van der Waals surface area contributed by atoms with Crippen LogP contribution in [0.4, 0.5) is 4.39 Å². The molecule has 170 valence electrons. The van der Waals surface area contributed by atoms with Crippen molar-refractivity contribution < 1.29 is 18.7 Å². The van der Waals surface area contributed by atoms with Crippen molar-refractivity contribution in [3.8, 4) is 22.6 Å². The van der Waals surface area contributed by atoms with Gasteiger partial charge in [0.25, 0.3) is 0 Å². The molecule has 5 heteroatoms. The molecule has 0 aliphatic carbocycles. The maximum Gasteiger partial charge on any atom is 0.246 e. The molecule has 0 spiro atoms. The summed E-state index contributed by atoms with van der Waals surface area (Å²) in [7, 11) is 2.93. The van der Waals surface area contributed by atoms with Gasteiger partial charge in [-0.25, -0.2) is 4.39 Å². The maximum absolute atomic E-state index is 14.1. The molecule has 0 N–H and O–H groups in total. The number of nitrogens with zero attached hydrogens (tertiary/aromatic N) is 1. The van der Waals surface area contributed by atoms with E-state index in [9.17, 15) is 9.18 Å². The van der Waals surface area contributed by atoms with E-state index in [-0.39, 0.29) is 5.91 Å². The zero-order valence-corrected chi connectivity index (χ0v) is 19.0. The van der Waals surface area contributed by atoms with Crippen molar-refractivity contribution in [2.45, 2.75) is 19.0 Å². The van der Waals surface area contributed by atoms with Crippen LogP contribution in [-0.2, 0) is 11.3 Å². The highest BCUT2D eigenvalue weighted by molar-refractivity contribution is 5.87. The molecule has 4 nitrogen and oxygen atoms in total. The van der Waals surface area contributed by atoms with Gasteiger partial charge in [-0.1, -0.05) is 61.2 Å². The number of hydrogen-bond donors (Lipinski definition) is 0. The van der Waals surface area contributed by atoms with Crippen molar-refractivity contribution >= 4 is 5.91 Å². The number of methoxy groups -OCH3 is 2. The number of carbonyl (C=O) groups is 1. The standard InChI is InChI=1S/C28H28FNO3/c1-5-11-24(28-25(32-3)17-23(29)18-26(28)33-4)30(27(31)6-2)19-20-12-10-15-22(16-20)21-13-8-7-9-14-21/h5-10,12-18,24H,1-2,11,19H2,3-4H3. The number of benzene rings is 3. The molecule has 3 rings (SSSR count). The van der Waals surface area contributed by atoms with Gasteiger partial charge in [0.15, 0.2) is 0 Å².